The summed E-state index contributed by atoms with van der Waals surface area (Å²) < 4.78 is 0. The van der Waals surface area contributed by atoms with E-state index in [4.69, 9.17) is 11.1 Å². The minimum atomic E-state index is 0.778. The number of rotatable bonds is 0. The third-order valence-electron chi connectivity index (χ3n) is 0. The van der Waals surface area contributed by atoms with Gasteiger partial charge in [-0.25, -0.2) is 0 Å². The van der Waals surface area contributed by atoms with E-state index in [1.54, 1.807) is 0 Å². The molecular formula is C2H9ClSi. The van der Waals surface area contributed by atoms with Crippen molar-refractivity contribution >= 4 is 20.6 Å². The summed E-state index contributed by atoms with van der Waals surface area (Å²) in [6, 6.07) is 0. The molecule has 2 heteroatoms. The summed E-state index contributed by atoms with van der Waals surface area (Å²) in [5, 5.41) is 0. The minimum absolute atomic E-state index is 0.778. The lowest BCUT2D eigenvalue weighted by molar-refractivity contribution is 1.50. The van der Waals surface area contributed by atoms with Gasteiger partial charge in [-0.1, -0.05) is 13.8 Å². The minimum Gasteiger partial charge on any atom is -0.181 e. The molecule has 0 radical (unpaired) electrons. The topological polar surface area (TPSA) is 0 Å². The number of halogens is 1. The lowest BCUT2D eigenvalue weighted by Crippen LogP contribution is -0.980. The molecule has 0 nitrogen and oxygen atoms in total. The Morgan fingerprint density at radius 1 is 1.25 bits per heavy atom. The van der Waals surface area contributed by atoms with E-state index in [-0.39, 0.29) is 0 Å². The second-order valence-electron chi connectivity index (χ2n) is 0. The summed E-state index contributed by atoms with van der Waals surface area (Å²) in [5.74, 6) is 0. The standard InChI is InChI=1S/C2H6.ClH3Si/c2*1-2/h1-2H3;2H3. The van der Waals surface area contributed by atoms with Crippen LogP contribution in [0.2, 0.25) is 0 Å². The molecule has 0 unspecified atom stereocenters. The number of hydrogen-bond donors (Lipinski definition) is 0. The third-order valence-corrected chi connectivity index (χ3v) is 0. The fourth-order valence-corrected chi connectivity index (χ4v) is 0. The van der Waals surface area contributed by atoms with Crippen LogP contribution in [0.4, 0.5) is 0 Å². The third kappa shape index (κ3) is 22.2. The molecule has 0 aromatic carbocycles. The summed E-state index contributed by atoms with van der Waals surface area (Å²) in [6.07, 6.45) is 0. The second-order valence-corrected chi connectivity index (χ2v) is 0. The predicted molar refractivity (Wildman–Crippen MR) is 27.1 cm³/mol. The van der Waals surface area contributed by atoms with Crippen LogP contribution in [0.5, 0.6) is 0 Å². The zero-order valence-corrected chi connectivity index (χ0v) is 6.13. The molecule has 4 heavy (non-hydrogen) atoms. The SMILES string of the molecule is CC.[SiH3]Cl. The zero-order chi connectivity index (χ0) is 4.00. The Labute approximate surface area is 35.3 Å². The molecule has 0 saturated carbocycles. The highest BCUT2D eigenvalue weighted by Gasteiger charge is 0.975. The molecule has 0 aliphatic rings. The van der Waals surface area contributed by atoms with Crippen molar-refractivity contribution in [3.63, 3.8) is 0 Å². The molecule has 0 N–H and O–H groups in total. The molecule has 0 atom stereocenters. The highest BCUT2D eigenvalue weighted by molar-refractivity contribution is 6.80. The van der Waals surface area contributed by atoms with Crippen molar-refractivity contribution in [1.82, 2.24) is 0 Å². The van der Waals surface area contributed by atoms with Gasteiger partial charge in [0.1, 0.15) is 9.55 Å². The van der Waals surface area contributed by atoms with Gasteiger partial charge in [-0.2, -0.15) is 11.1 Å². The normalized spacial score (nSPS) is 3.75. The molecule has 0 heterocycles. The Morgan fingerprint density at radius 3 is 1.25 bits per heavy atom. The van der Waals surface area contributed by atoms with Crippen molar-refractivity contribution in [3.05, 3.63) is 0 Å². The quantitative estimate of drug-likeness (QED) is 0.305. The van der Waals surface area contributed by atoms with Crippen molar-refractivity contribution in [1.29, 1.82) is 0 Å². The molecule has 0 bridgehead atoms. The van der Waals surface area contributed by atoms with Crippen molar-refractivity contribution in [2.75, 3.05) is 0 Å². The molecule has 0 rings (SSSR count). The van der Waals surface area contributed by atoms with E-state index >= 15 is 0 Å². The van der Waals surface area contributed by atoms with Crippen molar-refractivity contribution < 1.29 is 0 Å². The van der Waals surface area contributed by atoms with Gasteiger partial charge in [0.15, 0.2) is 0 Å². The number of hydrogen-bond acceptors (Lipinski definition) is 0. The maximum atomic E-state index is 4.78. The molecule has 0 aromatic rings. The first-order valence-electron chi connectivity index (χ1n) is 1.38. The maximum Gasteiger partial charge on any atom is 0.109 e. The van der Waals surface area contributed by atoms with E-state index in [0.29, 0.717) is 0 Å². The van der Waals surface area contributed by atoms with Gasteiger partial charge < -0.3 is 0 Å². The average molecular weight is 96.6 g/mol. The van der Waals surface area contributed by atoms with Crippen LogP contribution in [0, 0.1) is 0 Å². The van der Waals surface area contributed by atoms with Crippen LogP contribution >= 0.6 is 11.1 Å². The summed E-state index contributed by atoms with van der Waals surface area (Å²) in [6.45, 7) is 4.00. The first kappa shape index (κ1) is 8.82. The summed E-state index contributed by atoms with van der Waals surface area (Å²) in [5.41, 5.74) is 0. The smallest absolute Gasteiger partial charge is 0.109 e. The predicted octanol–water partition coefficient (Wildman–Crippen LogP) is 0.532. The fourth-order valence-electron chi connectivity index (χ4n) is 0. The second kappa shape index (κ2) is 85.8. The van der Waals surface area contributed by atoms with Gasteiger partial charge in [0.25, 0.3) is 0 Å². The van der Waals surface area contributed by atoms with Crippen LogP contribution in [0.15, 0.2) is 0 Å². The molecular weight excluding hydrogens is 87.6 g/mol. The van der Waals surface area contributed by atoms with E-state index < -0.39 is 0 Å². The zero-order valence-electron chi connectivity index (χ0n) is 3.38. The molecule has 0 aromatic heterocycles. The summed E-state index contributed by atoms with van der Waals surface area (Å²) in [4.78, 5) is 0. The van der Waals surface area contributed by atoms with Gasteiger partial charge in [-0.05, 0) is 0 Å². The van der Waals surface area contributed by atoms with Gasteiger partial charge in [0, 0.05) is 0 Å². The molecule has 0 spiro atoms. The Hall–Kier alpha value is 0.507. The highest BCUT2D eigenvalue weighted by Crippen LogP contribution is 1.29. The first-order valence-corrected chi connectivity index (χ1v) is 4.40. The molecule has 0 saturated heterocycles. The Balaban J connectivity index is 0. The molecule has 0 aliphatic carbocycles. The van der Waals surface area contributed by atoms with Crippen LogP contribution < -0.4 is 0 Å². The van der Waals surface area contributed by atoms with Gasteiger partial charge in [0.2, 0.25) is 0 Å². The van der Waals surface area contributed by atoms with E-state index in [0.717, 1.165) is 9.55 Å². The average Bonchev–Trinajstić information content (AvgIpc) is 1.50. The largest absolute Gasteiger partial charge is 0.181 e. The van der Waals surface area contributed by atoms with Crippen molar-refractivity contribution in [2.45, 2.75) is 13.8 Å². The van der Waals surface area contributed by atoms with Crippen LogP contribution in [-0.2, 0) is 0 Å². The van der Waals surface area contributed by atoms with E-state index in [1.165, 1.54) is 0 Å². The Morgan fingerprint density at radius 2 is 1.25 bits per heavy atom. The van der Waals surface area contributed by atoms with Gasteiger partial charge in [-0.3, -0.25) is 0 Å². The monoisotopic (exact) mass is 96.0 g/mol. The lowest BCUT2D eigenvalue weighted by atomic mass is 11.0. The van der Waals surface area contributed by atoms with Crippen molar-refractivity contribution in [3.8, 4) is 0 Å². The molecule has 28 valence electrons. The lowest BCUT2D eigenvalue weighted by Gasteiger charge is -1.07. The van der Waals surface area contributed by atoms with Gasteiger partial charge in [0.05, 0.1) is 0 Å². The van der Waals surface area contributed by atoms with E-state index in [2.05, 4.69) is 0 Å². The van der Waals surface area contributed by atoms with Gasteiger partial charge >= 0.3 is 0 Å². The van der Waals surface area contributed by atoms with Crippen molar-refractivity contribution in [2.24, 2.45) is 0 Å². The molecule has 0 fully saturated rings. The van der Waals surface area contributed by atoms with E-state index in [1.807, 2.05) is 13.8 Å². The van der Waals surface area contributed by atoms with Crippen LogP contribution in [0.3, 0.4) is 0 Å². The van der Waals surface area contributed by atoms with Crippen LogP contribution in [-0.4, -0.2) is 9.55 Å². The molecule has 0 aliphatic heterocycles. The maximum absolute atomic E-state index is 4.78. The van der Waals surface area contributed by atoms with Crippen LogP contribution in [0.1, 0.15) is 13.8 Å². The first-order chi connectivity index (χ1) is 2.00. The van der Waals surface area contributed by atoms with E-state index in [9.17, 15) is 0 Å². The van der Waals surface area contributed by atoms with Crippen LogP contribution in [0.25, 0.3) is 0 Å². The highest BCUT2D eigenvalue weighted by atomic mass is 35.6. The summed E-state index contributed by atoms with van der Waals surface area (Å²) >= 11 is 4.78. The van der Waals surface area contributed by atoms with Gasteiger partial charge in [-0.15, -0.1) is 0 Å². The fraction of sp³-hybridized carbons (Fsp3) is 1.00. The molecule has 0 amide bonds. The summed E-state index contributed by atoms with van der Waals surface area (Å²) in [7, 11) is 0.778. The Bertz CT molecular complexity index is 6.00. The Kier molecular flexibility index (Phi) is 189.